The van der Waals surface area contributed by atoms with Gasteiger partial charge in [0.25, 0.3) is 5.91 Å². The van der Waals surface area contributed by atoms with Gasteiger partial charge in [0.1, 0.15) is 6.26 Å². The Hall–Kier alpha value is -1.50. The molecular formula is C9H11F3N2O2. The second-order valence-electron chi connectivity index (χ2n) is 3.10. The fourth-order valence-corrected chi connectivity index (χ4v) is 0.995. The Morgan fingerprint density at radius 2 is 2.19 bits per heavy atom. The smallest absolute Gasteiger partial charge is 0.419 e. The minimum Gasteiger partial charge on any atom is -0.459 e. The van der Waals surface area contributed by atoms with Gasteiger partial charge in [0, 0.05) is 12.6 Å². The molecule has 0 aliphatic rings. The van der Waals surface area contributed by atoms with Gasteiger partial charge in [-0.05, 0) is 13.0 Å². The number of nitrogens with two attached hydrogens (primary N) is 1. The SMILES string of the molecule is NCCCNC(=O)c1cc(C(F)(F)F)co1. The van der Waals surface area contributed by atoms with Crippen LogP contribution in [0.2, 0.25) is 0 Å². The van der Waals surface area contributed by atoms with Crippen LogP contribution in [0.1, 0.15) is 22.5 Å². The van der Waals surface area contributed by atoms with Gasteiger partial charge in [0.15, 0.2) is 5.76 Å². The summed E-state index contributed by atoms with van der Waals surface area (Å²) >= 11 is 0. The quantitative estimate of drug-likeness (QED) is 0.776. The van der Waals surface area contributed by atoms with Crippen LogP contribution in [0.15, 0.2) is 16.7 Å². The summed E-state index contributed by atoms with van der Waals surface area (Å²) in [6.45, 7) is 0.698. The van der Waals surface area contributed by atoms with Crippen LogP contribution in [0.3, 0.4) is 0 Å². The number of hydrogen-bond acceptors (Lipinski definition) is 3. The molecule has 0 aromatic carbocycles. The number of hydrogen-bond donors (Lipinski definition) is 2. The third-order valence-corrected chi connectivity index (χ3v) is 1.82. The molecular weight excluding hydrogens is 225 g/mol. The van der Waals surface area contributed by atoms with Gasteiger partial charge < -0.3 is 15.5 Å². The first-order valence-corrected chi connectivity index (χ1v) is 4.59. The predicted molar refractivity (Wildman–Crippen MR) is 49.7 cm³/mol. The van der Waals surface area contributed by atoms with E-state index in [4.69, 9.17) is 5.73 Å². The topological polar surface area (TPSA) is 68.3 Å². The first kappa shape index (κ1) is 12.6. The number of alkyl halides is 3. The van der Waals surface area contributed by atoms with E-state index in [0.717, 1.165) is 0 Å². The molecule has 3 N–H and O–H groups in total. The molecule has 4 nitrogen and oxygen atoms in total. The lowest BCUT2D eigenvalue weighted by Crippen LogP contribution is -2.25. The van der Waals surface area contributed by atoms with Gasteiger partial charge >= 0.3 is 6.18 Å². The first-order chi connectivity index (χ1) is 7.45. The molecule has 1 heterocycles. The van der Waals surface area contributed by atoms with Crippen LogP contribution in [0, 0.1) is 0 Å². The van der Waals surface area contributed by atoms with Gasteiger partial charge in [-0.3, -0.25) is 4.79 Å². The van der Waals surface area contributed by atoms with Gasteiger partial charge in [-0.1, -0.05) is 0 Å². The lowest BCUT2D eigenvalue weighted by molar-refractivity contribution is -0.137. The maximum Gasteiger partial charge on any atom is 0.419 e. The molecule has 0 aliphatic heterocycles. The van der Waals surface area contributed by atoms with Crippen molar-refractivity contribution in [2.24, 2.45) is 5.73 Å². The molecule has 0 saturated heterocycles. The molecule has 0 aliphatic carbocycles. The van der Waals surface area contributed by atoms with E-state index in [1.165, 1.54) is 0 Å². The Bertz CT molecular complexity index is 360. The third-order valence-electron chi connectivity index (χ3n) is 1.82. The van der Waals surface area contributed by atoms with Crippen LogP contribution < -0.4 is 11.1 Å². The number of nitrogens with one attached hydrogen (secondary N) is 1. The van der Waals surface area contributed by atoms with Crippen LogP contribution in [0.4, 0.5) is 13.2 Å². The molecule has 7 heteroatoms. The van der Waals surface area contributed by atoms with Crippen molar-refractivity contribution in [3.63, 3.8) is 0 Å². The maximum atomic E-state index is 12.2. The molecule has 0 fully saturated rings. The largest absolute Gasteiger partial charge is 0.459 e. The highest BCUT2D eigenvalue weighted by Crippen LogP contribution is 2.30. The molecule has 0 saturated carbocycles. The summed E-state index contributed by atoms with van der Waals surface area (Å²) in [4.78, 5) is 11.2. The van der Waals surface area contributed by atoms with Crippen molar-refractivity contribution in [1.29, 1.82) is 0 Å². The van der Waals surface area contributed by atoms with Gasteiger partial charge in [0.05, 0.1) is 5.56 Å². The monoisotopic (exact) mass is 236 g/mol. The summed E-state index contributed by atoms with van der Waals surface area (Å²) in [6.07, 6.45) is -3.43. The third kappa shape index (κ3) is 3.27. The van der Waals surface area contributed by atoms with Crippen LogP contribution in [-0.2, 0) is 6.18 Å². The molecule has 0 atom stereocenters. The zero-order valence-corrected chi connectivity index (χ0v) is 8.30. The summed E-state index contributed by atoms with van der Waals surface area (Å²) < 4.78 is 41.0. The summed E-state index contributed by atoms with van der Waals surface area (Å²) in [5.41, 5.74) is 4.22. The number of amides is 1. The van der Waals surface area contributed by atoms with Crippen molar-refractivity contribution in [1.82, 2.24) is 5.32 Å². The average Bonchev–Trinajstić information content (AvgIpc) is 2.66. The molecule has 0 radical (unpaired) electrons. The Kier molecular flexibility index (Phi) is 3.94. The maximum absolute atomic E-state index is 12.2. The molecule has 0 unspecified atom stereocenters. The molecule has 0 spiro atoms. The average molecular weight is 236 g/mol. The second-order valence-corrected chi connectivity index (χ2v) is 3.10. The zero-order valence-electron chi connectivity index (χ0n) is 8.30. The van der Waals surface area contributed by atoms with Crippen molar-refractivity contribution in [3.05, 3.63) is 23.7 Å². The Labute approximate surface area is 89.6 Å². The van der Waals surface area contributed by atoms with Crippen LogP contribution in [0.5, 0.6) is 0 Å². The van der Waals surface area contributed by atoms with Crippen LogP contribution in [0.25, 0.3) is 0 Å². The Balaban J connectivity index is 2.60. The predicted octanol–water partition coefficient (Wildman–Crippen LogP) is 1.38. The fraction of sp³-hybridized carbons (Fsp3) is 0.444. The van der Waals surface area contributed by atoms with Crippen molar-refractivity contribution in [2.75, 3.05) is 13.1 Å². The standard InChI is InChI=1S/C9H11F3N2O2/c10-9(11,12)6-4-7(16-5-6)8(15)14-3-1-2-13/h4-5H,1-3,13H2,(H,14,15). The van der Waals surface area contributed by atoms with E-state index in [1.54, 1.807) is 0 Å². The van der Waals surface area contributed by atoms with E-state index < -0.39 is 17.6 Å². The summed E-state index contributed by atoms with van der Waals surface area (Å²) in [6, 6.07) is 0.664. The van der Waals surface area contributed by atoms with E-state index >= 15 is 0 Å². The molecule has 1 rings (SSSR count). The normalized spacial score (nSPS) is 11.5. The molecule has 16 heavy (non-hydrogen) atoms. The highest BCUT2D eigenvalue weighted by molar-refractivity contribution is 5.91. The van der Waals surface area contributed by atoms with E-state index in [1.807, 2.05) is 0 Å². The number of carbonyl (C=O) groups excluding carboxylic acids is 1. The van der Waals surface area contributed by atoms with Crippen molar-refractivity contribution in [2.45, 2.75) is 12.6 Å². The summed E-state index contributed by atoms with van der Waals surface area (Å²) in [5.74, 6) is -1.03. The van der Waals surface area contributed by atoms with Crippen LogP contribution in [-0.4, -0.2) is 19.0 Å². The molecule has 0 bridgehead atoms. The van der Waals surface area contributed by atoms with E-state index in [9.17, 15) is 18.0 Å². The van der Waals surface area contributed by atoms with E-state index in [-0.39, 0.29) is 5.76 Å². The molecule has 1 amide bonds. The van der Waals surface area contributed by atoms with Gasteiger partial charge in [-0.15, -0.1) is 0 Å². The number of carbonyl (C=O) groups is 1. The van der Waals surface area contributed by atoms with E-state index in [2.05, 4.69) is 9.73 Å². The Morgan fingerprint density at radius 1 is 1.50 bits per heavy atom. The second kappa shape index (κ2) is 5.02. The van der Waals surface area contributed by atoms with Crippen LogP contribution >= 0.6 is 0 Å². The van der Waals surface area contributed by atoms with Crippen molar-refractivity contribution in [3.8, 4) is 0 Å². The zero-order chi connectivity index (χ0) is 12.2. The lowest BCUT2D eigenvalue weighted by atomic mass is 10.3. The van der Waals surface area contributed by atoms with Gasteiger partial charge in [0.2, 0.25) is 0 Å². The van der Waals surface area contributed by atoms with Gasteiger partial charge in [-0.2, -0.15) is 13.2 Å². The molecule has 90 valence electrons. The number of furan rings is 1. The minimum atomic E-state index is -4.50. The molecule has 1 aromatic rings. The fourth-order valence-electron chi connectivity index (χ4n) is 0.995. The first-order valence-electron chi connectivity index (χ1n) is 4.59. The summed E-state index contributed by atoms with van der Waals surface area (Å²) in [5, 5.41) is 2.38. The van der Waals surface area contributed by atoms with Crippen molar-refractivity contribution < 1.29 is 22.4 Å². The highest BCUT2D eigenvalue weighted by atomic mass is 19.4. The molecule has 1 aromatic heterocycles. The number of halogens is 3. The van der Waals surface area contributed by atoms with Crippen molar-refractivity contribution >= 4 is 5.91 Å². The Morgan fingerprint density at radius 3 is 2.69 bits per heavy atom. The summed E-state index contributed by atoms with van der Waals surface area (Å²) in [7, 11) is 0. The highest BCUT2D eigenvalue weighted by Gasteiger charge is 2.33. The van der Waals surface area contributed by atoms with E-state index in [0.29, 0.717) is 31.8 Å². The minimum absolute atomic E-state index is 0.303. The number of rotatable bonds is 4. The van der Waals surface area contributed by atoms with Gasteiger partial charge in [-0.25, -0.2) is 0 Å². The lowest BCUT2D eigenvalue weighted by Gasteiger charge is -2.01.